The molecule has 0 N–H and O–H groups in total. The van der Waals surface area contributed by atoms with Crippen LogP contribution >= 0.6 is 0 Å². The van der Waals surface area contributed by atoms with Crippen LogP contribution in [0.3, 0.4) is 0 Å². The van der Waals surface area contributed by atoms with E-state index in [0.29, 0.717) is 28.7 Å². The van der Waals surface area contributed by atoms with E-state index in [1.807, 2.05) is 6.92 Å². The number of carbonyl (C=O) groups is 2. The number of hydrogen-bond acceptors (Lipinski definition) is 6. The number of nitrogens with zero attached hydrogens (tertiary/aromatic N) is 3. The first kappa shape index (κ1) is 18.3. The largest absolute Gasteiger partial charge is 0.494 e. The number of nitro benzene ring substituents is 1. The van der Waals surface area contributed by atoms with Gasteiger partial charge in [0, 0.05) is 17.5 Å². The van der Waals surface area contributed by atoms with E-state index in [0.717, 1.165) is 5.01 Å². The van der Waals surface area contributed by atoms with Crippen LogP contribution in [-0.4, -0.2) is 34.6 Å². The molecule has 0 unspecified atom stereocenters. The van der Waals surface area contributed by atoms with Crippen LogP contribution in [0.5, 0.6) is 5.75 Å². The van der Waals surface area contributed by atoms with Crippen LogP contribution in [-0.2, 0) is 0 Å². The van der Waals surface area contributed by atoms with Crippen molar-refractivity contribution >= 4 is 34.5 Å². The molecule has 8 nitrogen and oxygen atoms in total. The van der Waals surface area contributed by atoms with Crippen LogP contribution in [0.25, 0.3) is 10.8 Å². The Bertz CT molecular complexity index is 1180. The number of amides is 2. The standard InChI is InChI=1S/C21H15N3O5/c1-2-29-16-8-6-13(7-9-16)12-22-23-20(25)17-5-3-4-14-10-15(24(27)28)11-18(19(14)17)21(23)26/h3-12H,2H2,1H3. The summed E-state index contributed by atoms with van der Waals surface area (Å²) in [5, 5.41) is 16.9. The minimum absolute atomic E-state index is 0.0771. The molecule has 0 aliphatic carbocycles. The fraction of sp³-hybridized carbons (Fsp3) is 0.0952. The highest BCUT2D eigenvalue weighted by Crippen LogP contribution is 2.33. The molecule has 1 heterocycles. The van der Waals surface area contributed by atoms with Crippen molar-refractivity contribution in [2.45, 2.75) is 6.92 Å². The van der Waals surface area contributed by atoms with Gasteiger partial charge in [-0.2, -0.15) is 10.1 Å². The van der Waals surface area contributed by atoms with Crippen LogP contribution in [0, 0.1) is 10.1 Å². The Morgan fingerprint density at radius 2 is 1.79 bits per heavy atom. The van der Waals surface area contributed by atoms with Crippen molar-refractivity contribution in [2.75, 3.05) is 6.61 Å². The van der Waals surface area contributed by atoms with Crippen molar-refractivity contribution in [1.29, 1.82) is 0 Å². The van der Waals surface area contributed by atoms with Gasteiger partial charge in [0.1, 0.15) is 5.75 Å². The van der Waals surface area contributed by atoms with Crippen LogP contribution in [0.4, 0.5) is 5.69 Å². The molecule has 3 aromatic carbocycles. The Balaban J connectivity index is 1.74. The maximum atomic E-state index is 12.9. The molecule has 144 valence electrons. The lowest BCUT2D eigenvalue weighted by molar-refractivity contribution is -0.384. The molecule has 0 radical (unpaired) electrons. The van der Waals surface area contributed by atoms with Crippen LogP contribution in [0.15, 0.2) is 59.7 Å². The number of ether oxygens (including phenoxy) is 1. The van der Waals surface area contributed by atoms with E-state index in [1.54, 1.807) is 42.5 Å². The Morgan fingerprint density at radius 1 is 1.07 bits per heavy atom. The molecule has 1 aliphatic rings. The van der Waals surface area contributed by atoms with E-state index in [1.165, 1.54) is 18.3 Å². The SMILES string of the molecule is CCOc1ccc(C=NN2C(=O)c3cccc4cc([N+](=O)[O-])cc(c34)C2=O)cc1. The summed E-state index contributed by atoms with van der Waals surface area (Å²) >= 11 is 0. The van der Waals surface area contributed by atoms with Crippen molar-refractivity contribution in [2.24, 2.45) is 5.10 Å². The molecular weight excluding hydrogens is 374 g/mol. The number of rotatable bonds is 5. The van der Waals surface area contributed by atoms with Gasteiger partial charge in [0.15, 0.2) is 0 Å². The smallest absolute Gasteiger partial charge is 0.282 e. The Kier molecular flexibility index (Phi) is 4.52. The van der Waals surface area contributed by atoms with Gasteiger partial charge in [-0.1, -0.05) is 12.1 Å². The molecule has 0 spiro atoms. The average Bonchev–Trinajstić information content (AvgIpc) is 2.72. The predicted molar refractivity (Wildman–Crippen MR) is 106 cm³/mol. The molecule has 0 fully saturated rings. The van der Waals surface area contributed by atoms with E-state index >= 15 is 0 Å². The summed E-state index contributed by atoms with van der Waals surface area (Å²) in [5.74, 6) is -0.587. The zero-order valence-corrected chi connectivity index (χ0v) is 15.4. The van der Waals surface area contributed by atoms with Crippen molar-refractivity contribution in [3.63, 3.8) is 0 Å². The highest BCUT2D eigenvalue weighted by Gasteiger charge is 2.34. The molecule has 8 heteroatoms. The third-order valence-corrected chi connectivity index (χ3v) is 4.53. The second-order valence-corrected chi connectivity index (χ2v) is 6.32. The summed E-state index contributed by atoms with van der Waals surface area (Å²) in [6, 6.07) is 14.4. The summed E-state index contributed by atoms with van der Waals surface area (Å²) in [5.41, 5.74) is 0.795. The van der Waals surface area contributed by atoms with Gasteiger partial charge in [-0.3, -0.25) is 19.7 Å². The number of carbonyl (C=O) groups excluding carboxylic acids is 2. The van der Waals surface area contributed by atoms with E-state index in [2.05, 4.69) is 5.10 Å². The van der Waals surface area contributed by atoms with Crippen LogP contribution in [0.1, 0.15) is 33.2 Å². The molecule has 0 bridgehead atoms. The summed E-state index contributed by atoms with van der Waals surface area (Å²) in [6.07, 6.45) is 1.38. The molecule has 0 aromatic heterocycles. The maximum absolute atomic E-state index is 12.9. The summed E-state index contributed by atoms with van der Waals surface area (Å²) in [7, 11) is 0. The topological polar surface area (TPSA) is 102 Å². The van der Waals surface area contributed by atoms with Gasteiger partial charge in [-0.25, -0.2) is 0 Å². The first-order valence-electron chi connectivity index (χ1n) is 8.86. The Labute approximate surface area is 165 Å². The number of imide groups is 1. The average molecular weight is 389 g/mol. The first-order chi connectivity index (χ1) is 14.0. The number of benzene rings is 3. The molecule has 1 aliphatic heterocycles. The van der Waals surface area contributed by atoms with Crippen molar-refractivity contribution in [3.8, 4) is 5.75 Å². The van der Waals surface area contributed by atoms with Gasteiger partial charge < -0.3 is 4.74 Å². The minimum Gasteiger partial charge on any atom is -0.494 e. The van der Waals surface area contributed by atoms with E-state index in [9.17, 15) is 19.7 Å². The maximum Gasteiger partial charge on any atom is 0.282 e. The van der Waals surface area contributed by atoms with Crippen LogP contribution < -0.4 is 4.74 Å². The molecule has 4 rings (SSSR count). The van der Waals surface area contributed by atoms with Crippen molar-refractivity contribution in [1.82, 2.24) is 5.01 Å². The van der Waals surface area contributed by atoms with E-state index < -0.39 is 16.7 Å². The zero-order valence-electron chi connectivity index (χ0n) is 15.4. The lowest BCUT2D eigenvalue weighted by Crippen LogP contribution is -2.36. The monoisotopic (exact) mass is 389 g/mol. The normalized spacial score (nSPS) is 13.3. The van der Waals surface area contributed by atoms with Gasteiger partial charge in [0.2, 0.25) is 0 Å². The summed E-state index contributed by atoms with van der Waals surface area (Å²) < 4.78 is 5.37. The molecule has 0 atom stereocenters. The highest BCUT2D eigenvalue weighted by atomic mass is 16.6. The fourth-order valence-corrected chi connectivity index (χ4v) is 3.23. The number of hydrazone groups is 1. The molecule has 0 saturated carbocycles. The minimum atomic E-state index is -0.704. The van der Waals surface area contributed by atoms with Gasteiger partial charge in [0.25, 0.3) is 17.5 Å². The number of non-ortho nitro benzene ring substituents is 1. The van der Waals surface area contributed by atoms with Crippen molar-refractivity contribution in [3.05, 3.63) is 81.4 Å². The van der Waals surface area contributed by atoms with Gasteiger partial charge in [0.05, 0.1) is 28.9 Å². The van der Waals surface area contributed by atoms with Crippen molar-refractivity contribution < 1.29 is 19.2 Å². The summed E-state index contributed by atoms with van der Waals surface area (Å²) in [6.45, 7) is 2.42. The fourth-order valence-electron chi connectivity index (χ4n) is 3.23. The lowest BCUT2D eigenvalue weighted by atomic mass is 9.94. The third-order valence-electron chi connectivity index (χ3n) is 4.53. The number of hydrogen-bond donors (Lipinski definition) is 0. The van der Waals surface area contributed by atoms with Gasteiger partial charge in [-0.05, 0) is 48.2 Å². The van der Waals surface area contributed by atoms with E-state index in [4.69, 9.17) is 4.74 Å². The second-order valence-electron chi connectivity index (χ2n) is 6.32. The molecular formula is C21H15N3O5. The Morgan fingerprint density at radius 3 is 2.48 bits per heavy atom. The van der Waals surface area contributed by atoms with E-state index in [-0.39, 0.29) is 16.8 Å². The number of nitro groups is 1. The molecule has 3 aromatic rings. The highest BCUT2D eigenvalue weighted by molar-refractivity contribution is 6.25. The first-order valence-corrected chi connectivity index (χ1v) is 8.86. The van der Waals surface area contributed by atoms with Crippen LogP contribution in [0.2, 0.25) is 0 Å². The predicted octanol–water partition coefficient (Wildman–Crippen LogP) is 3.78. The molecule has 29 heavy (non-hydrogen) atoms. The van der Waals surface area contributed by atoms with Gasteiger partial charge in [-0.15, -0.1) is 0 Å². The molecule has 0 saturated heterocycles. The summed E-state index contributed by atoms with van der Waals surface area (Å²) in [4.78, 5) is 36.4. The molecule has 2 amide bonds. The Hall–Kier alpha value is -4.07. The second kappa shape index (κ2) is 7.16. The lowest BCUT2D eigenvalue weighted by Gasteiger charge is -2.22. The quantitative estimate of drug-likeness (QED) is 0.286. The zero-order chi connectivity index (χ0) is 20.5. The third kappa shape index (κ3) is 3.20. The van der Waals surface area contributed by atoms with Gasteiger partial charge >= 0.3 is 0 Å².